The number of hydrogen-bond acceptors (Lipinski definition) is 3. The lowest BCUT2D eigenvalue weighted by molar-refractivity contribution is 0.0141. The Labute approximate surface area is 131 Å². The van der Waals surface area contributed by atoms with Gasteiger partial charge in [-0.2, -0.15) is 0 Å². The highest BCUT2D eigenvalue weighted by Gasteiger charge is 2.46. The van der Waals surface area contributed by atoms with Crippen LogP contribution >= 0.6 is 0 Å². The molecule has 2 N–H and O–H groups in total. The van der Waals surface area contributed by atoms with Crippen molar-refractivity contribution in [3.05, 3.63) is 42.1 Å². The van der Waals surface area contributed by atoms with Crippen LogP contribution in [0, 0.1) is 0 Å². The molecule has 1 unspecified atom stereocenters. The summed E-state index contributed by atoms with van der Waals surface area (Å²) in [4.78, 5) is 17.5. The molecule has 7 heteroatoms. The van der Waals surface area contributed by atoms with Crippen molar-refractivity contribution >= 4 is 16.9 Å². The predicted molar refractivity (Wildman–Crippen MR) is 81.1 cm³/mol. The maximum Gasteiger partial charge on any atom is 0.318 e. The lowest BCUT2D eigenvalue weighted by Gasteiger charge is -2.22. The smallest absolute Gasteiger partial charge is 0.318 e. The van der Waals surface area contributed by atoms with Gasteiger partial charge in [-0.15, -0.1) is 0 Å². The maximum atomic E-state index is 13.4. The number of urea groups is 1. The number of para-hydroxylation sites is 1. The summed E-state index contributed by atoms with van der Waals surface area (Å²) >= 11 is 0. The van der Waals surface area contributed by atoms with Gasteiger partial charge >= 0.3 is 6.03 Å². The molecule has 1 aliphatic heterocycles. The molecule has 0 saturated carbocycles. The minimum atomic E-state index is -2.95. The van der Waals surface area contributed by atoms with Crippen LogP contribution in [0.15, 0.2) is 36.4 Å². The molecule has 0 bridgehead atoms. The number of aromatic nitrogens is 1. The normalized spacial score (nSPS) is 20.0. The molecule has 1 aromatic heterocycles. The van der Waals surface area contributed by atoms with Crippen LogP contribution in [0.25, 0.3) is 10.9 Å². The number of nitrogens with one attached hydrogen (secondary N) is 1. The summed E-state index contributed by atoms with van der Waals surface area (Å²) in [5.74, 6) is -2.95. The molecule has 3 rings (SSSR count). The monoisotopic (exact) mass is 321 g/mol. The van der Waals surface area contributed by atoms with E-state index in [2.05, 4.69) is 10.3 Å². The Hall–Kier alpha value is -2.28. The van der Waals surface area contributed by atoms with E-state index < -0.39 is 37.6 Å². The number of fused-ring (bicyclic) bond motifs is 1. The van der Waals surface area contributed by atoms with E-state index in [1.54, 1.807) is 6.07 Å². The fraction of sp³-hybridized carbons (Fsp3) is 0.375. The van der Waals surface area contributed by atoms with Gasteiger partial charge in [0.15, 0.2) is 0 Å². The molecule has 1 fully saturated rings. The summed E-state index contributed by atoms with van der Waals surface area (Å²) in [6.45, 7) is -1.00. The molecular formula is C16H17F2N3O2. The zero-order chi connectivity index (χ0) is 16.4. The summed E-state index contributed by atoms with van der Waals surface area (Å²) in [6, 6.07) is 9.79. The first-order valence-corrected chi connectivity index (χ1v) is 7.36. The highest BCUT2D eigenvalue weighted by atomic mass is 19.3. The first kappa shape index (κ1) is 15.6. The molecule has 1 aliphatic rings. The van der Waals surface area contributed by atoms with Crippen molar-refractivity contribution < 1.29 is 18.7 Å². The SMILES string of the molecule is O=C(NCc1ccc2ccccc2n1)N1CC(F)(F)CC1CO. The van der Waals surface area contributed by atoms with Gasteiger partial charge in [-0.05, 0) is 12.1 Å². The van der Waals surface area contributed by atoms with E-state index in [1.807, 2.05) is 30.3 Å². The van der Waals surface area contributed by atoms with E-state index >= 15 is 0 Å². The number of nitrogens with zero attached hydrogens (tertiary/aromatic N) is 2. The van der Waals surface area contributed by atoms with Crippen molar-refractivity contribution in [1.82, 2.24) is 15.2 Å². The first-order valence-electron chi connectivity index (χ1n) is 7.36. The number of alkyl halides is 2. The minimum Gasteiger partial charge on any atom is -0.394 e. The Balaban J connectivity index is 1.66. The predicted octanol–water partition coefficient (Wildman–Crippen LogP) is 2.15. The van der Waals surface area contributed by atoms with Crippen LogP contribution in [0.4, 0.5) is 13.6 Å². The lowest BCUT2D eigenvalue weighted by Crippen LogP contribution is -2.44. The summed E-state index contributed by atoms with van der Waals surface area (Å²) in [5.41, 5.74) is 1.45. The molecule has 0 spiro atoms. The summed E-state index contributed by atoms with van der Waals surface area (Å²) in [7, 11) is 0. The number of benzene rings is 1. The van der Waals surface area contributed by atoms with Gasteiger partial charge in [-0.25, -0.2) is 13.6 Å². The number of hydrogen-bond donors (Lipinski definition) is 2. The van der Waals surface area contributed by atoms with Crippen LogP contribution in [-0.2, 0) is 6.54 Å². The molecule has 122 valence electrons. The summed E-state index contributed by atoms with van der Waals surface area (Å²) in [5, 5.41) is 12.7. The molecule has 1 atom stereocenters. The zero-order valence-corrected chi connectivity index (χ0v) is 12.4. The van der Waals surface area contributed by atoms with Crippen LogP contribution in [0.5, 0.6) is 0 Å². The largest absolute Gasteiger partial charge is 0.394 e. The Bertz CT molecular complexity index is 723. The Morgan fingerprint density at radius 1 is 1.35 bits per heavy atom. The quantitative estimate of drug-likeness (QED) is 0.910. The molecule has 0 aliphatic carbocycles. The van der Waals surface area contributed by atoms with E-state index in [1.165, 1.54) is 0 Å². The van der Waals surface area contributed by atoms with E-state index in [9.17, 15) is 13.6 Å². The van der Waals surface area contributed by atoms with Crippen molar-refractivity contribution in [3.63, 3.8) is 0 Å². The second-order valence-electron chi connectivity index (χ2n) is 5.68. The lowest BCUT2D eigenvalue weighted by atomic mass is 10.2. The number of likely N-dealkylation sites (tertiary alicyclic amines) is 1. The number of carbonyl (C=O) groups is 1. The number of pyridine rings is 1. The molecule has 2 amide bonds. The van der Waals surface area contributed by atoms with Crippen LogP contribution in [0.1, 0.15) is 12.1 Å². The molecule has 1 aromatic carbocycles. The first-order chi connectivity index (χ1) is 11.0. The molecule has 2 heterocycles. The van der Waals surface area contributed by atoms with Gasteiger partial charge < -0.3 is 15.3 Å². The average Bonchev–Trinajstić information content (AvgIpc) is 2.87. The number of carbonyl (C=O) groups excluding carboxylic acids is 1. The third-order valence-corrected chi connectivity index (χ3v) is 3.93. The van der Waals surface area contributed by atoms with E-state index in [-0.39, 0.29) is 6.54 Å². The second-order valence-corrected chi connectivity index (χ2v) is 5.68. The summed E-state index contributed by atoms with van der Waals surface area (Å²) < 4.78 is 26.8. The fourth-order valence-electron chi connectivity index (χ4n) is 2.77. The molecule has 23 heavy (non-hydrogen) atoms. The van der Waals surface area contributed by atoms with Gasteiger partial charge in [0, 0.05) is 11.8 Å². The molecule has 5 nitrogen and oxygen atoms in total. The van der Waals surface area contributed by atoms with E-state index in [4.69, 9.17) is 5.11 Å². The number of halogens is 2. The van der Waals surface area contributed by atoms with Gasteiger partial charge in [0.1, 0.15) is 0 Å². The Kier molecular flexibility index (Phi) is 4.12. The zero-order valence-electron chi connectivity index (χ0n) is 12.4. The van der Waals surface area contributed by atoms with Gasteiger partial charge in [0.05, 0.1) is 36.9 Å². The maximum absolute atomic E-state index is 13.4. The number of aliphatic hydroxyl groups excluding tert-OH is 1. The number of rotatable bonds is 3. The van der Waals surface area contributed by atoms with E-state index in [0.29, 0.717) is 5.69 Å². The third kappa shape index (κ3) is 3.39. The molecule has 0 radical (unpaired) electrons. The number of aliphatic hydroxyl groups is 1. The third-order valence-electron chi connectivity index (χ3n) is 3.93. The van der Waals surface area contributed by atoms with Crippen LogP contribution in [-0.4, -0.2) is 46.1 Å². The molecular weight excluding hydrogens is 304 g/mol. The van der Waals surface area contributed by atoms with Gasteiger partial charge in [0.25, 0.3) is 5.92 Å². The molecule has 2 aromatic rings. The van der Waals surface area contributed by atoms with Crippen molar-refractivity contribution in [1.29, 1.82) is 0 Å². The van der Waals surface area contributed by atoms with Crippen molar-refractivity contribution in [2.24, 2.45) is 0 Å². The Morgan fingerprint density at radius 3 is 2.91 bits per heavy atom. The van der Waals surface area contributed by atoms with Gasteiger partial charge in [-0.1, -0.05) is 24.3 Å². The standard InChI is InChI=1S/C16H17F2N3O2/c17-16(18)7-13(9-22)21(10-16)15(23)19-8-12-6-5-11-3-1-2-4-14(11)20-12/h1-6,13,22H,7-10H2,(H,19,23). The average molecular weight is 321 g/mol. The Morgan fingerprint density at radius 2 is 2.13 bits per heavy atom. The highest BCUT2D eigenvalue weighted by Crippen LogP contribution is 2.31. The minimum absolute atomic E-state index is 0.143. The topological polar surface area (TPSA) is 65.5 Å². The van der Waals surface area contributed by atoms with Crippen LogP contribution in [0.3, 0.4) is 0 Å². The number of amides is 2. The van der Waals surface area contributed by atoms with E-state index in [0.717, 1.165) is 15.8 Å². The fourth-order valence-corrected chi connectivity index (χ4v) is 2.77. The summed E-state index contributed by atoms with van der Waals surface area (Å²) in [6.07, 6.45) is -0.509. The van der Waals surface area contributed by atoms with Gasteiger partial charge in [0.2, 0.25) is 0 Å². The molecule has 1 saturated heterocycles. The van der Waals surface area contributed by atoms with Gasteiger partial charge in [-0.3, -0.25) is 4.98 Å². The van der Waals surface area contributed by atoms with Crippen molar-refractivity contribution in [2.75, 3.05) is 13.2 Å². The van der Waals surface area contributed by atoms with Crippen LogP contribution < -0.4 is 5.32 Å². The van der Waals surface area contributed by atoms with Crippen LogP contribution in [0.2, 0.25) is 0 Å². The highest BCUT2D eigenvalue weighted by molar-refractivity contribution is 5.78. The second kappa shape index (κ2) is 6.08. The van der Waals surface area contributed by atoms with Crippen molar-refractivity contribution in [2.45, 2.75) is 24.9 Å². The van der Waals surface area contributed by atoms with Crippen molar-refractivity contribution in [3.8, 4) is 0 Å².